The summed E-state index contributed by atoms with van der Waals surface area (Å²) in [6.45, 7) is 8.21. The van der Waals surface area contributed by atoms with E-state index in [9.17, 15) is 4.79 Å². The van der Waals surface area contributed by atoms with Crippen molar-refractivity contribution >= 4 is 5.91 Å². The van der Waals surface area contributed by atoms with Crippen molar-refractivity contribution in [1.29, 1.82) is 0 Å². The number of nitrogens with two attached hydrogens (primary N) is 1. The molecule has 3 nitrogen and oxygen atoms in total. The van der Waals surface area contributed by atoms with E-state index in [0.29, 0.717) is 30.2 Å². The fraction of sp³-hybridized carbons (Fsp3) is 0.923. The Morgan fingerprint density at radius 2 is 2.19 bits per heavy atom. The Morgan fingerprint density at radius 3 is 2.75 bits per heavy atom. The maximum absolute atomic E-state index is 12.0. The van der Waals surface area contributed by atoms with Crippen molar-refractivity contribution in [2.75, 3.05) is 13.1 Å². The Hall–Kier alpha value is -0.570. The van der Waals surface area contributed by atoms with Crippen LogP contribution in [0, 0.1) is 11.8 Å². The van der Waals surface area contributed by atoms with Gasteiger partial charge in [-0.3, -0.25) is 4.79 Å². The zero-order valence-electron chi connectivity index (χ0n) is 10.9. The van der Waals surface area contributed by atoms with Crippen molar-refractivity contribution in [1.82, 2.24) is 4.90 Å². The fourth-order valence-corrected chi connectivity index (χ4v) is 2.28. The second-order valence-electron chi connectivity index (χ2n) is 5.39. The van der Waals surface area contributed by atoms with Crippen LogP contribution in [0.3, 0.4) is 0 Å². The third-order valence-electron chi connectivity index (χ3n) is 3.61. The van der Waals surface area contributed by atoms with E-state index in [4.69, 9.17) is 5.73 Å². The highest BCUT2D eigenvalue weighted by atomic mass is 16.2. The summed E-state index contributed by atoms with van der Waals surface area (Å²) in [6, 6.07) is 0.291. The Balaban J connectivity index is 2.39. The van der Waals surface area contributed by atoms with Crippen molar-refractivity contribution in [3.05, 3.63) is 0 Å². The molecule has 1 saturated heterocycles. The molecule has 1 amide bonds. The number of carbonyl (C=O) groups is 1. The molecule has 2 N–H and O–H groups in total. The first kappa shape index (κ1) is 13.5. The van der Waals surface area contributed by atoms with Crippen LogP contribution >= 0.6 is 0 Å². The molecule has 0 radical (unpaired) electrons. The van der Waals surface area contributed by atoms with Crippen LogP contribution < -0.4 is 5.73 Å². The van der Waals surface area contributed by atoms with Crippen molar-refractivity contribution in [2.24, 2.45) is 17.6 Å². The molecule has 1 heterocycles. The van der Waals surface area contributed by atoms with Gasteiger partial charge < -0.3 is 10.6 Å². The third kappa shape index (κ3) is 3.78. The average molecular weight is 226 g/mol. The number of rotatable bonds is 4. The number of amides is 1. The number of likely N-dealkylation sites (tertiary alicyclic amines) is 1. The van der Waals surface area contributed by atoms with Crippen molar-refractivity contribution in [3.8, 4) is 0 Å². The first-order chi connectivity index (χ1) is 7.54. The molecule has 94 valence electrons. The molecule has 0 aromatic heterocycles. The molecule has 0 spiro atoms. The van der Waals surface area contributed by atoms with Crippen LogP contribution in [-0.2, 0) is 4.79 Å². The third-order valence-corrected chi connectivity index (χ3v) is 3.61. The van der Waals surface area contributed by atoms with Crippen LogP contribution in [0.15, 0.2) is 0 Å². The molecule has 0 aliphatic carbocycles. The number of nitrogens with zero attached hydrogens (tertiary/aromatic N) is 1. The van der Waals surface area contributed by atoms with Crippen LogP contribution in [-0.4, -0.2) is 29.9 Å². The molecule has 2 unspecified atom stereocenters. The van der Waals surface area contributed by atoms with E-state index in [-0.39, 0.29) is 0 Å². The standard InChI is InChI=1S/C13H26N2O/c1-4-11-9-15(8-7-12(11)14)13(16)6-5-10(2)3/h10-12H,4-9,14H2,1-3H3. The first-order valence-electron chi connectivity index (χ1n) is 6.58. The van der Waals surface area contributed by atoms with Gasteiger partial charge in [0.05, 0.1) is 0 Å². The quantitative estimate of drug-likeness (QED) is 0.797. The topological polar surface area (TPSA) is 46.3 Å². The molecule has 0 aromatic carbocycles. The first-order valence-corrected chi connectivity index (χ1v) is 6.58. The van der Waals surface area contributed by atoms with Crippen LogP contribution in [0.5, 0.6) is 0 Å². The minimum absolute atomic E-state index is 0.291. The van der Waals surface area contributed by atoms with E-state index >= 15 is 0 Å². The van der Waals surface area contributed by atoms with Gasteiger partial charge in [0, 0.05) is 25.6 Å². The summed E-state index contributed by atoms with van der Waals surface area (Å²) in [5.41, 5.74) is 6.04. The fourth-order valence-electron chi connectivity index (χ4n) is 2.28. The molecule has 3 heteroatoms. The highest BCUT2D eigenvalue weighted by Gasteiger charge is 2.27. The monoisotopic (exact) mass is 226 g/mol. The smallest absolute Gasteiger partial charge is 0.222 e. The molecule has 1 rings (SSSR count). The van der Waals surface area contributed by atoms with Gasteiger partial charge in [-0.1, -0.05) is 27.2 Å². The lowest BCUT2D eigenvalue weighted by Gasteiger charge is -2.36. The average Bonchev–Trinajstić information content (AvgIpc) is 2.26. The number of hydrogen-bond donors (Lipinski definition) is 1. The predicted octanol–water partition coefficient (Wildman–Crippen LogP) is 2.01. The van der Waals surface area contributed by atoms with Crippen LogP contribution in [0.4, 0.5) is 0 Å². The van der Waals surface area contributed by atoms with E-state index in [1.165, 1.54) is 0 Å². The zero-order chi connectivity index (χ0) is 12.1. The van der Waals surface area contributed by atoms with Crippen molar-refractivity contribution in [2.45, 2.75) is 52.5 Å². The number of hydrogen-bond acceptors (Lipinski definition) is 2. The molecule has 0 aromatic rings. The molecule has 16 heavy (non-hydrogen) atoms. The molecule has 0 bridgehead atoms. The summed E-state index contributed by atoms with van der Waals surface area (Å²) in [4.78, 5) is 14.0. The van der Waals surface area contributed by atoms with Gasteiger partial charge in [0.25, 0.3) is 0 Å². The number of piperidine rings is 1. The van der Waals surface area contributed by atoms with Gasteiger partial charge in [0.15, 0.2) is 0 Å². The van der Waals surface area contributed by atoms with E-state index in [1.807, 2.05) is 4.90 Å². The predicted molar refractivity (Wildman–Crippen MR) is 67.0 cm³/mol. The number of carbonyl (C=O) groups excluding carboxylic acids is 1. The molecular weight excluding hydrogens is 200 g/mol. The van der Waals surface area contributed by atoms with Crippen molar-refractivity contribution in [3.63, 3.8) is 0 Å². The summed E-state index contributed by atoms with van der Waals surface area (Å²) in [5, 5.41) is 0. The highest BCUT2D eigenvalue weighted by molar-refractivity contribution is 5.76. The molecular formula is C13H26N2O. The van der Waals surface area contributed by atoms with Crippen molar-refractivity contribution < 1.29 is 4.79 Å². The molecule has 1 aliphatic heterocycles. The van der Waals surface area contributed by atoms with E-state index in [1.54, 1.807) is 0 Å². The lowest BCUT2D eigenvalue weighted by Crippen LogP contribution is -2.49. The van der Waals surface area contributed by atoms with E-state index in [2.05, 4.69) is 20.8 Å². The summed E-state index contributed by atoms with van der Waals surface area (Å²) < 4.78 is 0. The molecule has 2 atom stereocenters. The summed E-state index contributed by atoms with van der Waals surface area (Å²) in [7, 11) is 0. The van der Waals surface area contributed by atoms with Gasteiger partial charge in [0.1, 0.15) is 0 Å². The van der Waals surface area contributed by atoms with Gasteiger partial charge in [-0.2, -0.15) is 0 Å². The van der Waals surface area contributed by atoms with Gasteiger partial charge >= 0.3 is 0 Å². The highest BCUT2D eigenvalue weighted by Crippen LogP contribution is 2.19. The maximum Gasteiger partial charge on any atom is 0.222 e. The van der Waals surface area contributed by atoms with Gasteiger partial charge in [-0.05, 0) is 24.7 Å². The zero-order valence-corrected chi connectivity index (χ0v) is 10.9. The van der Waals surface area contributed by atoms with Gasteiger partial charge in [-0.25, -0.2) is 0 Å². The molecule has 0 saturated carbocycles. The Kier molecular flexibility index (Phi) is 5.26. The summed E-state index contributed by atoms with van der Waals surface area (Å²) >= 11 is 0. The van der Waals surface area contributed by atoms with Gasteiger partial charge in [0.2, 0.25) is 5.91 Å². The van der Waals surface area contributed by atoms with E-state index < -0.39 is 0 Å². The molecule has 1 fully saturated rings. The minimum Gasteiger partial charge on any atom is -0.342 e. The normalized spacial score (nSPS) is 26.2. The lowest BCUT2D eigenvalue weighted by molar-refractivity contribution is -0.133. The SMILES string of the molecule is CCC1CN(C(=O)CCC(C)C)CCC1N. The maximum atomic E-state index is 12.0. The van der Waals surface area contributed by atoms with Crippen LogP contribution in [0.1, 0.15) is 46.5 Å². The second-order valence-corrected chi connectivity index (χ2v) is 5.39. The largest absolute Gasteiger partial charge is 0.342 e. The lowest BCUT2D eigenvalue weighted by atomic mass is 9.90. The molecule has 1 aliphatic rings. The van der Waals surface area contributed by atoms with E-state index in [0.717, 1.165) is 32.4 Å². The summed E-state index contributed by atoms with van der Waals surface area (Å²) in [5.74, 6) is 1.42. The minimum atomic E-state index is 0.291. The van der Waals surface area contributed by atoms with Crippen LogP contribution in [0.2, 0.25) is 0 Å². The second kappa shape index (κ2) is 6.24. The van der Waals surface area contributed by atoms with Gasteiger partial charge in [-0.15, -0.1) is 0 Å². The van der Waals surface area contributed by atoms with Crippen LogP contribution in [0.25, 0.3) is 0 Å². The summed E-state index contributed by atoms with van der Waals surface area (Å²) in [6.07, 6.45) is 3.74. The Labute approximate surface area is 99.4 Å². The Bertz CT molecular complexity index is 228. The Morgan fingerprint density at radius 1 is 1.50 bits per heavy atom.